The minimum Gasteiger partial charge on any atom is -0.496 e. The van der Waals surface area contributed by atoms with Crippen molar-refractivity contribution < 1.29 is 9.15 Å². The van der Waals surface area contributed by atoms with E-state index in [-0.39, 0.29) is 6.04 Å². The van der Waals surface area contributed by atoms with Crippen molar-refractivity contribution in [1.82, 2.24) is 5.32 Å². The molecule has 0 aliphatic heterocycles. The molecule has 96 valence electrons. The normalized spacial score (nSPS) is 12.4. The second-order valence-corrected chi connectivity index (χ2v) is 4.51. The fourth-order valence-electron chi connectivity index (χ4n) is 1.79. The third-order valence-electron chi connectivity index (χ3n) is 2.81. The molecule has 2 rings (SSSR count). The summed E-state index contributed by atoms with van der Waals surface area (Å²) in [6, 6.07) is 9.57. The van der Waals surface area contributed by atoms with Gasteiger partial charge in [0, 0.05) is 17.1 Å². The van der Waals surface area contributed by atoms with Crippen molar-refractivity contribution >= 4 is 11.6 Å². The van der Waals surface area contributed by atoms with Gasteiger partial charge in [0.05, 0.1) is 19.4 Å². The van der Waals surface area contributed by atoms with Crippen LogP contribution in [0.5, 0.6) is 5.75 Å². The molecule has 0 amide bonds. The zero-order chi connectivity index (χ0) is 13.0. The largest absolute Gasteiger partial charge is 0.496 e. The summed E-state index contributed by atoms with van der Waals surface area (Å²) in [6.07, 6.45) is 1.67. The lowest BCUT2D eigenvalue weighted by molar-refractivity contribution is 0.399. The van der Waals surface area contributed by atoms with Crippen molar-refractivity contribution in [3.63, 3.8) is 0 Å². The molecule has 0 bridgehead atoms. The molecule has 0 fully saturated rings. The standard InChI is InChI=1S/C14H16ClNO2/c1-10(13-4-3-7-18-13)16-9-11-8-12(15)5-6-14(11)17-2/h3-8,10,16H,9H2,1-2H3/t10-/m0/s1. The molecule has 0 spiro atoms. The number of methoxy groups -OCH3 is 1. The Morgan fingerprint density at radius 3 is 2.89 bits per heavy atom. The Bertz CT molecular complexity index is 497. The number of nitrogens with one attached hydrogen (secondary N) is 1. The number of hydrogen-bond donors (Lipinski definition) is 1. The van der Waals surface area contributed by atoms with Crippen molar-refractivity contribution in [2.75, 3.05) is 7.11 Å². The van der Waals surface area contributed by atoms with Gasteiger partial charge >= 0.3 is 0 Å². The highest BCUT2D eigenvalue weighted by molar-refractivity contribution is 6.30. The Morgan fingerprint density at radius 1 is 1.39 bits per heavy atom. The van der Waals surface area contributed by atoms with Gasteiger partial charge in [-0.25, -0.2) is 0 Å². The molecular weight excluding hydrogens is 250 g/mol. The second-order valence-electron chi connectivity index (χ2n) is 4.07. The molecule has 2 aromatic rings. The number of hydrogen-bond acceptors (Lipinski definition) is 3. The van der Waals surface area contributed by atoms with E-state index < -0.39 is 0 Å². The van der Waals surface area contributed by atoms with Crippen molar-refractivity contribution in [3.05, 3.63) is 52.9 Å². The van der Waals surface area contributed by atoms with Gasteiger partial charge in [-0.1, -0.05) is 11.6 Å². The molecule has 0 unspecified atom stereocenters. The fraction of sp³-hybridized carbons (Fsp3) is 0.286. The number of benzene rings is 1. The zero-order valence-corrected chi connectivity index (χ0v) is 11.2. The Balaban J connectivity index is 2.03. The third-order valence-corrected chi connectivity index (χ3v) is 3.05. The van der Waals surface area contributed by atoms with Crippen LogP contribution in [0.25, 0.3) is 0 Å². The van der Waals surface area contributed by atoms with Gasteiger partial charge < -0.3 is 14.5 Å². The minimum absolute atomic E-state index is 0.142. The predicted molar refractivity (Wildman–Crippen MR) is 72.0 cm³/mol. The van der Waals surface area contributed by atoms with Crippen LogP contribution in [0, 0.1) is 0 Å². The molecule has 18 heavy (non-hydrogen) atoms. The molecule has 1 N–H and O–H groups in total. The Labute approximate surface area is 112 Å². The van der Waals surface area contributed by atoms with E-state index in [4.69, 9.17) is 20.8 Å². The van der Waals surface area contributed by atoms with E-state index in [1.54, 1.807) is 13.4 Å². The molecule has 4 heteroatoms. The molecule has 1 aromatic carbocycles. The average Bonchev–Trinajstić information content (AvgIpc) is 2.90. The van der Waals surface area contributed by atoms with Crippen LogP contribution in [-0.4, -0.2) is 7.11 Å². The van der Waals surface area contributed by atoms with E-state index in [0.29, 0.717) is 11.6 Å². The summed E-state index contributed by atoms with van der Waals surface area (Å²) in [7, 11) is 1.66. The van der Waals surface area contributed by atoms with Crippen LogP contribution < -0.4 is 10.1 Å². The summed E-state index contributed by atoms with van der Waals surface area (Å²) in [5.74, 6) is 1.74. The van der Waals surface area contributed by atoms with E-state index in [1.807, 2.05) is 30.3 Å². The second kappa shape index (κ2) is 5.94. The van der Waals surface area contributed by atoms with E-state index in [9.17, 15) is 0 Å². The molecule has 0 saturated heterocycles. The molecule has 1 heterocycles. The number of furan rings is 1. The first-order valence-electron chi connectivity index (χ1n) is 5.80. The van der Waals surface area contributed by atoms with E-state index in [0.717, 1.165) is 17.1 Å². The predicted octanol–water partition coefficient (Wildman–Crippen LogP) is 3.79. The van der Waals surface area contributed by atoms with Gasteiger partial charge in [0.15, 0.2) is 0 Å². The highest BCUT2D eigenvalue weighted by Crippen LogP contribution is 2.23. The van der Waals surface area contributed by atoms with Gasteiger partial charge in [-0.05, 0) is 37.3 Å². The maximum atomic E-state index is 5.99. The fourth-order valence-corrected chi connectivity index (χ4v) is 1.98. The highest BCUT2D eigenvalue weighted by atomic mass is 35.5. The minimum atomic E-state index is 0.142. The molecule has 0 saturated carbocycles. The monoisotopic (exact) mass is 265 g/mol. The van der Waals surface area contributed by atoms with Crippen LogP contribution in [-0.2, 0) is 6.54 Å². The Kier molecular flexibility index (Phi) is 4.28. The summed E-state index contributed by atoms with van der Waals surface area (Å²) < 4.78 is 10.6. The van der Waals surface area contributed by atoms with Crippen molar-refractivity contribution in [1.29, 1.82) is 0 Å². The van der Waals surface area contributed by atoms with Crippen LogP contribution in [0.2, 0.25) is 5.02 Å². The molecule has 0 radical (unpaired) electrons. The van der Waals surface area contributed by atoms with Gasteiger partial charge in [0.25, 0.3) is 0 Å². The van der Waals surface area contributed by atoms with E-state index >= 15 is 0 Å². The Hall–Kier alpha value is -1.45. The quantitative estimate of drug-likeness (QED) is 0.893. The molecule has 0 aliphatic rings. The van der Waals surface area contributed by atoms with Crippen LogP contribution in [0.3, 0.4) is 0 Å². The molecule has 0 aliphatic carbocycles. The summed E-state index contributed by atoms with van der Waals surface area (Å²) in [5.41, 5.74) is 1.03. The molecule has 3 nitrogen and oxygen atoms in total. The molecular formula is C14H16ClNO2. The first-order chi connectivity index (χ1) is 8.70. The van der Waals surface area contributed by atoms with Crippen molar-refractivity contribution in [2.24, 2.45) is 0 Å². The van der Waals surface area contributed by atoms with Crippen LogP contribution in [0.15, 0.2) is 41.0 Å². The molecule has 1 aromatic heterocycles. The Morgan fingerprint density at radius 2 is 2.22 bits per heavy atom. The highest BCUT2D eigenvalue weighted by Gasteiger charge is 2.09. The average molecular weight is 266 g/mol. The van der Waals surface area contributed by atoms with Gasteiger partial charge in [0.2, 0.25) is 0 Å². The first-order valence-corrected chi connectivity index (χ1v) is 6.17. The number of halogens is 1. The summed E-state index contributed by atoms with van der Waals surface area (Å²) in [6.45, 7) is 2.72. The SMILES string of the molecule is COc1ccc(Cl)cc1CN[C@@H](C)c1ccco1. The topological polar surface area (TPSA) is 34.4 Å². The summed E-state index contributed by atoms with van der Waals surface area (Å²) >= 11 is 5.99. The maximum Gasteiger partial charge on any atom is 0.123 e. The lowest BCUT2D eigenvalue weighted by Crippen LogP contribution is -2.18. The van der Waals surface area contributed by atoms with Crippen LogP contribution in [0.4, 0.5) is 0 Å². The van der Waals surface area contributed by atoms with Crippen LogP contribution in [0.1, 0.15) is 24.3 Å². The van der Waals surface area contributed by atoms with E-state index in [1.165, 1.54) is 0 Å². The summed E-state index contributed by atoms with van der Waals surface area (Å²) in [4.78, 5) is 0. The van der Waals surface area contributed by atoms with Crippen molar-refractivity contribution in [3.8, 4) is 5.75 Å². The number of rotatable bonds is 5. The first kappa shape index (κ1) is 13.0. The zero-order valence-electron chi connectivity index (χ0n) is 10.4. The van der Waals surface area contributed by atoms with Gasteiger partial charge in [0.1, 0.15) is 11.5 Å². The molecule has 1 atom stereocenters. The summed E-state index contributed by atoms with van der Waals surface area (Å²) in [5, 5.41) is 4.08. The van der Waals surface area contributed by atoms with Gasteiger partial charge in [-0.15, -0.1) is 0 Å². The number of ether oxygens (including phenoxy) is 1. The third kappa shape index (κ3) is 3.06. The lowest BCUT2D eigenvalue weighted by Gasteiger charge is -2.13. The van der Waals surface area contributed by atoms with Crippen molar-refractivity contribution in [2.45, 2.75) is 19.5 Å². The van der Waals surface area contributed by atoms with Gasteiger partial charge in [-0.3, -0.25) is 0 Å². The van der Waals surface area contributed by atoms with E-state index in [2.05, 4.69) is 12.2 Å². The van der Waals surface area contributed by atoms with Gasteiger partial charge in [-0.2, -0.15) is 0 Å². The smallest absolute Gasteiger partial charge is 0.123 e. The van der Waals surface area contributed by atoms with Crippen LogP contribution >= 0.6 is 11.6 Å². The maximum absolute atomic E-state index is 5.99. The lowest BCUT2D eigenvalue weighted by atomic mass is 10.1.